The standard InChI is InChI=1S/C25H29N9O2/c1-14-20(13-28-33-14)31-24-26-10-9-18(30-24)19-11-15-7-5-6-8-17(16(15)12-27-19)29-22(35)21-32-23(36-34-21)25(2,3)4/h9-13,17H,5-8H2,1-4H3,(H,28,33)(H,29,35)(H,26,30,31)/t17-/m1/s1. The number of pyridine rings is 1. The molecule has 1 aliphatic carbocycles. The lowest BCUT2D eigenvalue weighted by Gasteiger charge is -2.19. The number of aryl methyl sites for hydroxylation is 2. The molecule has 3 N–H and O–H groups in total. The number of amides is 1. The molecule has 1 atom stereocenters. The number of hydrogen-bond donors (Lipinski definition) is 3. The van der Waals surface area contributed by atoms with Gasteiger partial charge in [0.05, 0.1) is 35.0 Å². The van der Waals surface area contributed by atoms with E-state index in [4.69, 9.17) is 4.52 Å². The minimum Gasteiger partial charge on any atom is -0.342 e. The lowest BCUT2D eigenvalue weighted by molar-refractivity contribution is 0.0921. The van der Waals surface area contributed by atoms with Gasteiger partial charge < -0.3 is 15.2 Å². The Kier molecular flexibility index (Phi) is 6.21. The zero-order valence-electron chi connectivity index (χ0n) is 20.8. The van der Waals surface area contributed by atoms with Crippen molar-refractivity contribution in [3.8, 4) is 11.4 Å². The van der Waals surface area contributed by atoms with Crippen molar-refractivity contribution in [1.82, 2.24) is 40.6 Å². The molecule has 0 bridgehead atoms. The summed E-state index contributed by atoms with van der Waals surface area (Å²) < 4.78 is 5.29. The van der Waals surface area contributed by atoms with Crippen LogP contribution in [0.3, 0.4) is 0 Å². The summed E-state index contributed by atoms with van der Waals surface area (Å²) in [7, 11) is 0. The van der Waals surface area contributed by atoms with E-state index in [-0.39, 0.29) is 23.2 Å². The minimum atomic E-state index is -0.350. The molecule has 0 unspecified atom stereocenters. The van der Waals surface area contributed by atoms with E-state index >= 15 is 0 Å². The molecular formula is C25H29N9O2. The molecule has 5 rings (SSSR count). The smallest absolute Gasteiger partial charge is 0.293 e. The van der Waals surface area contributed by atoms with Crippen molar-refractivity contribution in [3.63, 3.8) is 0 Å². The van der Waals surface area contributed by atoms with Crippen molar-refractivity contribution in [2.24, 2.45) is 0 Å². The zero-order chi connectivity index (χ0) is 25.3. The Balaban J connectivity index is 1.37. The molecule has 1 amide bonds. The fraction of sp³-hybridized carbons (Fsp3) is 0.400. The summed E-state index contributed by atoms with van der Waals surface area (Å²) in [4.78, 5) is 30.8. The van der Waals surface area contributed by atoms with Crippen LogP contribution in [0.15, 0.2) is 35.2 Å². The van der Waals surface area contributed by atoms with Crippen LogP contribution in [0.5, 0.6) is 0 Å². The van der Waals surface area contributed by atoms with E-state index in [9.17, 15) is 4.79 Å². The number of aromatic nitrogens is 7. The van der Waals surface area contributed by atoms with Crippen LogP contribution in [0.4, 0.5) is 11.6 Å². The molecule has 0 aromatic carbocycles. The Bertz CT molecular complexity index is 1390. The van der Waals surface area contributed by atoms with Gasteiger partial charge in [-0.05, 0) is 49.4 Å². The van der Waals surface area contributed by atoms with Crippen molar-refractivity contribution in [3.05, 3.63) is 59.3 Å². The predicted molar refractivity (Wildman–Crippen MR) is 133 cm³/mol. The number of aromatic amines is 1. The van der Waals surface area contributed by atoms with Gasteiger partial charge in [0.15, 0.2) is 0 Å². The number of anilines is 2. The second-order valence-corrected chi connectivity index (χ2v) is 10.0. The number of nitrogens with zero attached hydrogens (tertiary/aromatic N) is 6. The van der Waals surface area contributed by atoms with Gasteiger partial charge in [-0.25, -0.2) is 9.97 Å². The number of carbonyl (C=O) groups excluding carboxylic acids is 1. The first-order chi connectivity index (χ1) is 17.3. The molecule has 186 valence electrons. The van der Waals surface area contributed by atoms with Crippen LogP contribution in [0, 0.1) is 6.92 Å². The molecule has 0 aliphatic heterocycles. The minimum absolute atomic E-state index is 0.0455. The molecule has 11 heteroatoms. The quantitative estimate of drug-likeness (QED) is 0.352. The Morgan fingerprint density at radius 3 is 2.75 bits per heavy atom. The second kappa shape index (κ2) is 9.48. The van der Waals surface area contributed by atoms with Gasteiger partial charge >= 0.3 is 0 Å². The molecule has 11 nitrogen and oxygen atoms in total. The van der Waals surface area contributed by atoms with E-state index in [1.54, 1.807) is 12.4 Å². The van der Waals surface area contributed by atoms with Gasteiger partial charge in [0.2, 0.25) is 11.8 Å². The molecule has 4 aromatic rings. The monoisotopic (exact) mass is 487 g/mol. The lowest BCUT2D eigenvalue weighted by atomic mass is 9.97. The average Bonchev–Trinajstić information content (AvgIpc) is 3.46. The highest BCUT2D eigenvalue weighted by atomic mass is 16.5. The van der Waals surface area contributed by atoms with Crippen LogP contribution in [0.2, 0.25) is 0 Å². The van der Waals surface area contributed by atoms with Gasteiger partial charge in [0.1, 0.15) is 0 Å². The van der Waals surface area contributed by atoms with E-state index in [1.165, 1.54) is 0 Å². The molecular weight excluding hydrogens is 458 g/mol. The third-order valence-corrected chi connectivity index (χ3v) is 6.16. The molecule has 4 heterocycles. The third kappa shape index (κ3) is 4.95. The van der Waals surface area contributed by atoms with E-state index in [1.807, 2.05) is 40.0 Å². The van der Waals surface area contributed by atoms with Crippen molar-refractivity contribution >= 4 is 17.5 Å². The van der Waals surface area contributed by atoms with E-state index in [0.717, 1.165) is 53.9 Å². The first-order valence-corrected chi connectivity index (χ1v) is 12.0. The predicted octanol–water partition coefficient (Wildman–Crippen LogP) is 4.19. The molecule has 0 radical (unpaired) electrons. The van der Waals surface area contributed by atoms with Crippen LogP contribution in [0.25, 0.3) is 11.4 Å². The number of H-pyrrole nitrogens is 1. The summed E-state index contributed by atoms with van der Waals surface area (Å²) in [6.45, 7) is 7.80. The van der Waals surface area contributed by atoms with Crippen molar-refractivity contribution in [2.75, 3.05) is 5.32 Å². The van der Waals surface area contributed by atoms with Crippen LogP contribution < -0.4 is 10.6 Å². The summed E-state index contributed by atoms with van der Waals surface area (Å²) in [5, 5.41) is 17.1. The van der Waals surface area contributed by atoms with Crippen molar-refractivity contribution in [1.29, 1.82) is 0 Å². The maximum Gasteiger partial charge on any atom is 0.293 e. The molecule has 0 saturated carbocycles. The molecule has 0 spiro atoms. The lowest BCUT2D eigenvalue weighted by Crippen LogP contribution is -2.30. The van der Waals surface area contributed by atoms with Gasteiger partial charge in [-0.3, -0.25) is 14.9 Å². The third-order valence-electron chi connectivity index (χ3n) is 6.16. The Labute approximate surface area is 208 Å². The second-order valence-electron chi connectivity index (χ2n) is 10.0. The Morgan fingerprint density at radius 1 is 1.14 bits per heavy atom. The topological polar surface area (TPSA) is 147 Å². The van der Waals surface area contributed by atoms with Crippen molar-refractivity contribution in [2.45, 2.75) is 64.8 Å². The fourth-order valence-corrected chi connectivity index (χ4v) is 4.15. The first-order valence-electron chi connectivity index (χ1n) is 12.0. The van der Waals surface area contributed by atoms with Gasteiger partial charge in [-0.2, -0.15) is 10.1 Å². The van der Waals surface area contributed by atoms with Crippen LogP contribution >= 0.6 is 0 Å². The fourth-order valence-electron chi connectivity index (χ4n) is 4.15. The van der Waals surface area contributed by atoms with Crippen LogP contribution in [-0.4, -0.2) is 41.2 Å². The van der Waals surface area contributed by atoms with Crippen molar-refractivity contribution < 1.29 is 9.32 Å². The highest BCUT2D eigenvalue weighted by Crippen LogP contribution is 2.31. The summed E-state index contributed by atoms with van der Waals surface area (Å²) in [6.07, 6.45) is 8.96. The largest absolute Gasteiger partial charge is 0.342 e. The molecule has 1 aliphatic rings. The molecule has 4 aromatic heterocycles. The number of hydrogen-bond acceptors (Lipinski definition) is 9. The molecule has 36 heavy (non-hydrogen) atoms. The maximum absolute atomic E-state index is 12.9. The first kappa shape index (κ1) is 23.6. The zero-order valence-corrected chi connectivity index (χ0v) is 20.8. The number of nitrogens with one attached hydrogen (secondary N) is 3. The average molecular weight is 488 g/mol. The highest BCUT2D eigenvalue weighted by Gasteiger charge is 2.27. The van der Waals surface area contributed by atoms with Gasteiger partial charge in [-0.15, -0.1) is 0 Å². The summed E-state index contributed by atoms with van der Waals surface area (Å²) in [5.41, 5.74) is 5.00. The van der Waals surface area contributed by atoms with E-state index in [2.05, 4.69) is 52.0 Å². The van der Waals surface area contributed by atoms with Crippen LogP contribution in [-0.2, 0) is 11.8 Å². The summed E-state index contributed by atoms with van der Waals surface area (Å²) in [5.74, 6) is 0.594. The number of fused-ring (bicyclic) bond motifs is 1. The van der Waals surface area contributed by atoms with Gasteiger partial charge in [0, 0.05) is 17.8 Å². The number of rotatable bonds is 5. The highest BCUT2D eigenvalue weighted by molar-refractivity contribution is 5.90. The van der Waals surface area contributed by atoms with Crippen LogP contribution in [0.1, 0.15) is 79.4 Å². The SMILES string of the molecule is Cc1[nH]ncc1Nc1nccc(-c2cc3c(cn2)[C@H](NC(=O)c2noc(C(C)(C)C)n2)CCCC3)n1. The van der Waals surface area contributed by atoms with E-state index < -0.39 is 0 Å². The Hall–Kier alpha value is -4.15. The summed E-state index contributed by atoms with van der Waals surface area (Å²) >= 11 is 0. The molecule has 0 saturated heterocycles. The maximum atomic E-state index is 12.9. The van der Waals surface area contributed by atoms with Gasteiger partial charge in [-0.1, -0.05) is 32.3 Å². The van der Waals surface area contributed by atoms with Gasteiger partial charge in [0.25, 0.3) is 11.7 Å². The molecule has 0 fully saturated rings. The normalized spacial score (nSPS) is 15.7. The van der Waals surface area contributed by atoms with E-state index in [0.29, 0.717) is 17.5 Å². The summed E-state index contributed by atoms with van der Waals surface area (Å²) in [6, 6.07) is 3.71. The number of carbonyl (C=O) groups is 1. The Morgan fingerprint density at radius 2 is 2.00 bits per heavy atom.